The molecule has 0 unspecified atom stereocenters. The molecule has 1 aromatic heterocycles. The summed E-state index contributed by atoms with van der Waals surface area (Å²) in [5.74, 6) is -1.08. The predicted octanol–water partition coefficient (Wildman–Crippen LogP) is 6.86. The number of halogens is 6. The first-order valence-electron chi connectivity index (χ1n) is 14.5. The largest absolute Gasteiger partial charge is 0.481 e. The average molecular weight is 625 g/mol. The lowest BCUT2D eigenvalue weighted by Gasteiger charge is -2.39. The van der Waals surface area contributed by atoms with E-state index in [2.05, 4.69) is 20.3 Å². The minimum Gasteiger partial charge on any atom is -0.481 e. The number of fused-ring (bicyclic) bond motifs is 1. The quantitative estimate of drug-likeness (QED) is 0.300. The molecule has 0 amide bonds. The number of carboxylic acid groups (broad SMARTS) is 1. The Labute approximate surface area is 250 Å². The molecule has 1 aliphatic carbocycles. The summed E-state index contributed by atoms with van der Waals surface area (Å²) in [5, 5.41) is 21.8. The van der Waals surface area contributed by atoms with Crippen molar-refractivity contribution in [2.24, 2.45) is 13.0 Å². The van der Waals surface area contributed by atoms with Gasteiger partial charge in [-0.25, -0.2) is 0 Å². The third-order valence-electron chi connectivity index (χ3n) is 8.62. The van der Waals surface area contributed by atoms with Crippen molar-refractivity contribution in [1.29, 1.82) is 0 Å². The summed E-state index contributed by atoms with van der Waals surface area (Å²) >= 11 is 0. The first-order chi connectivity index (χ1) is 20.6. The van der Waals surface area contributed by atoms with Gasteiger partial charge in [0.25, 0.3) is 5.95 Å². The van der Waals surface area contributed by atoms with E-state index in [0.29, 0.717) is 45.1 Å². The van der Waals surface area contributed by atoms with Crippen LogP contribution < -0.4 is 9.80 Å². The highest BCUT2D eigenvalue weighted by Gasteiger charge is 2.39. The summed E-state index contributed by atoms with van der Waals surface area (Å²) in [6.07, 6.45) is -6.23. The van der Waals surface area contributed by atoms with Crippen molar-refractivity contribution in [3.05, 3.63) is 63.7 Å². The number of rotatable bonds is 6. The minimum absolute atomic E-state index is 0.0870. The first kappa shape index (κ1) is 31.6. The van der Waals surface area contributed by atoms with Gasteiger partial charge in [0, 0.05) is 24.8 Å². The molecular formula is C30H34F6N6O2. The molecular weight excluding hydrogens is 590 g/mol. The molecule has 0 saturated heterocycles. The van der Waals surface area contributed by atoms with Crippen molar-refractivity contribution in [2.75, 3.05) is 16.3 Å². The second-order valence-corrected chi connectivity index (χ2v) is 11.8. The average Bonchev–Trinajstić information content (AvgIpc) is 3.28. The van der Waals surface area contributed by atoms with Crippen molar-refractivity contribution < 1.29 is 36.2 Å². The molecule has 2 aliphatic rings. The summed E-state index contributed by atoms with van der Waals surface area (Å²) in [6.45, 7) is 4.27. The normalized spacial score (nSPS) is 21.1. The third kappa shape index (κ3) is 6.63. The maximum atomic E-state index is 13.7. The zero-order chi connectivity index (χ0) is 32.0. The van der Waals surface area contributed by atoms with E-state index >= 15 is 0 Å². The standard InChI is InChI=1S/C30H34F6N6O2/c1-17-11-18(2)26-24(12-17)25(5-4-10-41(26)23-8-6-20(7-9-23)27(43)44)42(28-37-39-40(3)38-28)16-19-13-21(29(31,32)33)15-22(14-19)30(34,35)36/h11-15,20,23,25H,4-10,16H2,1-3H3,(H,43,44)/t20?,23?,25-/m0/s1. The van der Waals surface area contributed by atoms with Crippen LogP contribution in [-0.2, 0) is 30.7 Å². The van der Waals surface area contributed by atoms with Crippen molar-refractivity contribution in [3.8, 4) is 0 Å². The predicted molar refractivity (Wildman–Crippen MR) is 150 cm³/mol. The van der Waals surface area contributed by atoms with Gasteiger partial charge in [-0.3, -0.25) is 4.79 Å². The molecule has 2 heterocycles. The zero-order valence-electron chi connectivity index (χ0n) is 24.6. The van der Waals surface area contributed by atoms with Crippen LogP contribution >= 0.6 is 0 Å². The number of nitrogens with zero attached hydrogens (tertiary/aromatic N) is 6. The molecule has 44 heavy (non-hydrogen) atoms. The molecule has 14 heteroatoms. The molecule has 0 spiro atoms. The summed E-state index contributed by atoms with van der Waals surface area (Å²) in [4.78, 5) is 16.7. The minimum atomic E-state index is -4.98. The van der Waals surface area contributed by atoms with E-state index < -0.39 is 35.5 Å². The van der Waals surface area contributed by atoms with Gasteiger partial charge in [-0.2, -0.15) is 31.1 Å². The van der Waals surface area contributed by atoms with Gasteiger partial charge < -0.3 is 14.9 Å². The molecule has 1 fully saturated rings. The summed E-state index contributed by atoms with van der Waals surface area (Å²) in [7, 11) is 1.53. The SMILES string of the molecule is Cc1cc(C)c2c(c1)[C@@H](N(Cc1cc(C(F)(F)F)cc(C(F)(F)F)c1)c1nnn(C)n1)CCCN2C1CCC(C(=O)O)CC1. The van der Waals surface area contributed by atoms with Crippen LogP contribution in [0.1, 0.15) is 77.9 Å². The fourth-order valence-corrected chi connectivity index (χ4v) is 6.70. The molecule has 5 rings (SSSR count). The van der Waals surface area contributed by atoms with E-state index in [1.165, 1.54) is 11.8 Å². The molecule has 8 nitrogen and oxygen atoms in total. The topological polar surface area (TPSA) is 87.4 Å². The van der Waals surface area contributed by atoms with Gasteiger partial charge in [-0.05, 0) is 92.5 Å². The number of hydrogen-bond acceptors (Lipinski definition) is 6. The number of alkyl halides is 6. The Morgan fingerprint density at radius 2 is 1.59 bits per heavy atom. The Morgan fingerprint density at radius 1 is 0.955 bits per heavy atom. The monoisotopic (exact) mass is 624 g/mol. The van der Waals surface area contributed by atoms with Crippen LogP contribution in [0.4, 0.5) is 38.0 Å². The molecule has 3 aromatic rings. The van der Waals surface area contributed by atoms with Gasteiger partial charge in [-0.15, -0.1) is 5.10 Å². The lowest BCUT2D eigenvalue weighted by atomic mass is 9.84. The van der Waals surface area contributed by atoms with Crippen LogP contribution in [0.5, 0.6) is 0 Å². The lowest BCUT2D eigenvalue weighted by molar-refractivity contribution is -0.144. The van der Waals surface area contributed by atoms with E-state index in [0.717, 1.165) is 34.5 Å². The number of hydrogen-bond donors (Lipinski definition) is 1. The van der Waals surface area contributed by atoms with E-state index in [1.807, 2.05) is 26.0 Å². The molecule has 1 saturated carbocycles. The molecule has 238 valence electrons. The highest BCUT2D eigenvalue weighted by Crippen LogP contribution is 2.44. The van der Waals surface area contributed by atoms with Gasteiger partial charge in [0.05, 0.1) is 30.1 Å². The number of carboxylic acids is 1. The molecule has 1 N–H and O–H groups in total. The van der Waals surface area contributed by atoms with Crippen LogP contribution in [-0.4, -0.2) is 43.9 Å². The van der Waals surface area contributed by atoms with Crippen molar-refractivity contribution >= 4 is 17.6 Å². The van der Waals surface area contributed by atoms with Crippen molar-refractivity contribution in [1.82, 2.24) is 20.2 Å². The van der Waals surface area contributed by atoms with Crippen LogP contribution in [0.15, 0.2) is 30.3 Å². The first-order valence-corrected chi connectivity index (χ1v) is 14.5. The maximum Gasteiger partial charge on any atom is 0.416 e. The number of aryl methyl sites for hydroxylation is 3. The van der Waals surface area contributed by atoms with Crippen molar-refractivity contribution in [2.45, 2.75) is 83.4 Å². The van der Waals surface area contributed by atoms with Crippen molar-refractivity contribution in [3.63, 3.8) is 0 Å². The Hall–Kier alpha value is -3.84. The molecule has 0 radical (unpaired) electrons. The highest BCUT2D eigenvalue weighted by molar-refractivity contribution is 5.70. The lowest BCUT2D eigenvalue weighted by Crippen LogP contribution is -2.40. The summed E-state index contributed by atoms with van der Waals surface area (Å²) < 4.78 is 82.4. The Bertz CT molecular complexity index is 1480. The third-order valence-corrected chi connectivity index (χ3v) is 8.62. The van der Waals surface area contributed by atoms with Crippen LogP contribution in [0, 0.1) is 19.8 Å². The highest BCUT2D eigenvalue weighted by atomic mass is 19.4. The van der Waals surface area contributed by atoms with Gasteiger partial charge >= 0.3 is 18.3 Å². The molecule has 0 bridgehead atoms. The Morgan fingerprint density at radius 3 is 2.14 bits per heavy atom. The number of benzene rings is 2. The van der Waals surface area contributed by atoms with E-state index in [-0.39, 0.29) is 36.1 Å². The van der Waals surface area contributed by atoms with Gasteiger partial charge in [-0.1, -0.05) is 22.8 Å². The van der Waals surface area contributed by atoms with E-state index in [1.54, 1.807) is 4.90 Å². The molecule has 1 atom stereocenters. The summed E-state index contributed by atoms with van der Waals surface area (Å²) in [6, 6.07) is 5.27. The van der Waals surface area contributed by atoms with Gasteiger partial charge in [0.1, 0.15) is 0 Å². The Kier molecular flexibility index (Phi) is 8.56. The Balaban J connectivity index is 1.59. The second-order valence-electron chi connectivity index (χ2n) is 11.8. The fraction of sp³-hybridized carbons (Fsp3) is 0.533. The van der Waals surface area contributed by atoms with E-state index in [4.69, 9.17) is 0 Å². The fourth-order valence-electron chi connectivity index (χ4n) is 6.70. The molecule has 1 aliphatic heterocycles. The van der Waals surface area contributed by atoms with Gasteiger partial charge in [0.15, 0.2) is 0 Å². The number of tetrazole rings is 1. The van der Waals surface area contributed by atoms with Crippen LogP contribution in [0.3, 0.4) is 0 Å². The number of anilines is 2. The molecule has 2 aromatic carbocycles. The number of carbonyl (C=O) groups is 1. The maximum absolute atomic E-state index is 13.7. The zero-order valence-corrected chi connectivity index (χ0v) is 24.6. The number of aliphatic carboxylic acids is 1. The van der Waals surface area contributed by atoms with Crippen LogP contribution in [0.2, 0.25) is 0 Å². The number of aromatic nitrogens is 4. The van der Waals surface area contributed by atoms with Gasteiger partial charge in [0.2, 0.25) is 0 Å². The summed E-state index contributed by atoms with van der Waals surface area (Å²) in [5.41, 5.74) is 0.807. The van der Waals surface area contributed by atoms with E-state index in [9.17, 15) is 36.2 Å². The van der Waals surface area contributed by atoms with Crippen LogP contribution in [0.25, 0.3) is 0 Å². The second kappa shape index (κ2) is 11.9. The smallest absolute Gasteiger partial charge is 0.416 e.